The van der Waals surface area contributed by atoms with Crippen LogP contribution in [-0.2, 0) is 4.79 Å². The van der Waals surface area contributed by atoms with Crippen molar-refractivity contribution in [2.45, 2.75) is 6.92 Å². The minimum atomic E-state index is 0.0612. The van der Waals surface area contributed by atoms with Crippen molar-refractivity contribution in [1.82, 2.24) is 0 Å². The SMILES string of the molecule is Cc1ccccc1NC1=C(c2ccccc2)C(=O)/C(=C/c2ccccc2)S1. The Labute approximate surface area is 163 Å². The lowest BCUT2D eigenvalue weighted by Gasteiger charge is -2.11. The topological polar surface area (TPSA) is 29.1 Å². The lowest BCUT2D eigenvalue weighted by molar-refractivity contribution is -0.109. The number of carbonyl (C=O) groups excluding carboxylic acids is 1. The Kier molecular flexibility index (Phi) is 4.95. The molecule has 0 aromatic heterocycles. The molecule has 0 fully saturated rings. The van der Waals surface area contributed by atoms with E-state index in [1.165, 1.54) is 11.8 Å². The number of para-hydroxylation sites is 1. The standard InChI is InChI=1S/C24H19NOS/c1-17-10-8-9-15-20(17)25-24-22(19-13-6-3-7-14-19)23(26)21(27-24)16-18-11-4-2-5-12-18/h2-16,25H,1H3/b21-16-. The van der Waals surface area contributed by atoms with Crippen LogP contribution in [0.15, 0.2) is 94.9 Å². The van der Waals surface area contributed by atoms with Crippen LogP contribution in [0.3, 0.4) is 0 Å². The number of rotatable bonds is 4. The van der Waals surface area contributed by atoms with Crippen LogP contribution in [0.25, 0.3) is 11.6 Å². The van der Waals surface area contributed by atoms with E-state index in [1.54, 1.807) is 0 Å². The molecule has 0 amide bonds. The maximum Gasteiger partial charge on any atom is 0.203 e. The second kappa shape index (κ2) is 7.68. The predicted molar refractivity (Wildman–Crippen MR) is 115 cm³/mol. The van der Waals surface area contributed by atoms with Crippen LogP contribution in [0.1, 0.15) is 16.7 Å². The first-order valence-corrected chi connectivity index (χ1v) is 9.65. The Morgan fingerprint density at radius 3 is 2.15 bits per heavy atom. The number of carbonyl (C=O) groups is 1. The van der Waals surface area contributed by atoms with Gasteiger partial charge in [-0.05, 0) is 35.8 Å². The van der Waals surface area contributed by atoms with Crippen molar-refractivity contribution in [2.24, 2.45) is 0 Å². The van der Waals surface area contributed by atoms with Gasteiger partial charge in [-0.25, -0.2) is 0 Å². The Morgan fingerprint density at radius 2 is 1.44 bits per heavy atom. The summed E-state index contributed by atoms with van der Waals surface area (Å²) in [6.45, 7) is 2.06. The molecule has 27 heavy (non-hydrogen) atoms. The van der Waals surface area contributed by atoms with Crippen LogP contribution < -0.4 is 5.32 Å². The molecule has 0 spiro atoms. The van der Waals surface area contributed by atoms with Gasteiger partial charge in [-0.15, -0.1) is 0 Å². The summed E-state index contributed by atoms with van der Waals surface area (Å²) in [6, 6.07) is 27.9. The fourth-order valence-corrected chi connectivity index (χ4v) is 4.10. The van der Waals surface area contributed by atoms with Crippen molar-refractivity contribution in [1.29, 1.82) is 0 Å². The molecule has 0 saturated carbocycles. The quantitative estimate of drug-likeness (QED) is 0.561. The fourth-order valence-electron chi connectivity index (χ4n) is 3.02. The number of hydrogen-bond acceptors (Lipinski definition) is 3. The minimum Gasteiger partial charge on any atom is -0.349 e. The number of allylic oxidation sites excluding steroid dienone is 2. The van der Waals surface area contributed by atoms with Gasteiger partial charge in [0.15, 0.2) is 0 Å². The molecule has 4 rings (SSSR count). The Morgan fingerprint density at radius 1 is 0.815 bits per heavy atom. The zero-order valence-corrected chi connectivity index (χ0v) is 15.8. The summed E-state index contributed by atoms with van der Waals surface area (Å²) >= 11 is 1.50. The van der Waals surface area contributed by atoms with E-state index in [0.717, 1.165) is 37.9 Å². The third-order valence-electron chi connectivity index (χ3n) is 4.44. The van der Waals surface area contributed by atoms with Crippen molar-refractivity contribution in [3.05, 3.63) is 112 Å². The molecule has 0 saturated heterocycles. The molecule has 0 unspecified atom stereocenters. The highest BCUT2D eigenvalue weighted by molar-refractivity contribution is 8.08. The van der Waals surface area contributed by atoms with Crippen molar-refractivity contribution in [3.63, 3.8) is 0 Å². The van der Waals surface area contributed by atoms with Crippen LogP contribution in [0, 0.1) is 6.92 Å². The highest BCUT2D eigenvalue weighted by Gasteiger charge is 2.30. The van der Waals surface area contributed by atoms with Crippen LogP contribution in [0.5, 0.6) is 0 Å². The molecule has 1 heterocycles. The van der Waals surface area contributed by atoms with Gasteiger partial charge in [0.1, 0.15) is 0 Å². The van der Waals surface area contributed by atoms with Gasteiger partial charge in [0, 0.05) is 5.69 Å². The van der Waals surface area contributed by atoms with Crippen molar-refractivity contribution in [3.8, 4) is 0 Å². The first-order valence-electron chi connectivity index (χ1n) is 8.84. The minimum absolute atomic E-state index is 0.0612. The lowest BCUT2D eigenvalue weighted by atomic mass is 10.0. The molecular formula is C24H19NOS. The van der Waals surface area contributed by atoms with Crippen LogP contribution >= 0.6 is 11.8 Å². The van der Waals surface area contributed by atoms with Gasteiger partial charge in [0.05, 0.1) is 15.5 Å². The zero-order valence-electron chi connectivity index (χ0n) is 15.0. The zero-order chi connectivity index (χ0) is 18.6. The monoisotopic (exact) mass is 369 g/mol. The average Bonchev–Trinajstić information content (AvgIpc) is 3.00. The summed E-state index contributed by atoms with van der Waals surface area (Å²) in [4.78, 5) is 13.9. The number of benzene rings is 3. The normalized spacial score (nSPS) is 15.4. The van der Waals surface area contributed by atoms with E-state index in [1.807, 2.05) is 84.9 Å². The van der Waals surface area contributed by atoms with E-state index in [4.69, 9.17) is 0 Å². The summed E-state index contributed by atoms with van der Waals surface area (Å²) in [5.74, 6) is 0.0612. The van der Waals surface area contributed by atoms with E-state index < -0.39 is 0 Å². The smallest absolute Gasteiger partial charge is 0.203 e. The van der Waals surface area contributed by atoms with E-state index in [9.17, 15) is 4.79 Å². The lowest BCUT2D eigenvalue weighted by Crippen LogP contribution is -2.02. The predicted octanol–water partition coefficient (Wildman–Crippen LogP) is 6.13. The molecule has 1 aliphatic heterocycles. The number of nitrogens with one attached hydrogen (secondary N) is 1. The van der Waals surface area contributed by atoms with E-state index in [2.05, 4.69) is 18.3 Å². The molecule has 0 bridgehead atoms. The van der Waals surface area contributed by atoms with E-state index >= 15 is 0 Å². The molecule has 3 heteroatoms. The Bertz CT molecular complexity index is 1040. The molecule has 3 aromatic rings. The highest BCUT2D eigenvalue weighted by atomic mass is 32.2. The molecule has 132 valence electrons. The first-order chi connectivity index (χ1) is 13.2. The third kappa shape index (κ3) is 3.74. The Balaban J connectivity index is 1.76. The van der Waals surface area contributed by atoms with Crippen LogP contribution in [0.2, 0.25) is 0 Å². The van der Waals surface area contributed by atoms with E-state index in [-0.39, 0.29) is 5.78 Å². The molecule has 0 radical (unpaired) electrons. The van der Waals surface area contributed by atoms with Crippen molar-refractivity contribution < 1.29 is 4.79 Å². The molecule has 1 aliphatic rings. The number of anilines is 1. The van der Waals surface area contributed by atoms with Crippen LogP contribution in [0.4, 0.5) is 5.69 Å². The maximum atomic E-state index is 13.2. The average molecular weight is 369 g/mol. The molecule has 1 N–H and O–H groups in total. The van der Waals surface area contributed by atoms with Gasteiger partial charge < -0.3 is 5.32 Å². The van der Waals surface area contributed by atoms with Crippen molar-refractivity contribution in [2.75, 3.05) is 5.32 Å². The van der Waals surface area contributed by atoms with Crippen molar-refractivity contribution >= 4 is 34.9 Å². The second-order valence-corrected chi connectivity index (χ2v) is 7.41. The summed E-state index contributed by atoms with van der Waals surface area (Å²) < 4.78 is 0. The van der Waals surface area contributed by atoms with Gasteiger partial charge in [0.25, 0.3) is 0 Å². The number of thioether (sulfide) groups is 1. The number of Topliss-reactive ketones (excluding diaryl/α,β-unsaturated/α-hetero) is 1. The van der Waals surface area contributed by atoms with Gasteiger partial charge in [-0.1, -0.05) is 90.6 Å². The third-order valence-corrected chi connectivity index (χ3v) is 5.48. The summed E-state index contributed by atoms with van der Waals surface area (Å²) in [5, 5.41) is 4.36. The first kappa shape index (κ1) is 17.4. The second-order valence-electron chi connectivity index (χ2n) is 6.36. The number of hydrogen-bond donors (Lipinski definition) is 1. The highest BCUT2D eigenvalue weighted by Crippen LogP contribution is 2.44. The fraction of sp³-hybridized carbons (Fsp3) is 0.0417. The van der Waals surface area contributed by atoms with E-state index in [0.29, 0.717) is 0 Å². The summed E-state index contributed by atoms with van der Waals surface area (Å²) in [6.07, 6.45) is 1.96. The summed E-state index contributed by atoms with van der Waals surface area (Å²) in [7, 11) is 0. The molecule has 2 nitrogen and oxygen atoms in total. The number of aryl methyl sites for hydroxylation is 1. The largest absolute Gasteiger partial charge is 0.349 e. The summed E-state index contributed by atoms with van der Waals surface area (Å²) in [5.41, 5.74) is 4.85. The molecule has 0 atom stereocenters. The molecule has 3 aromatic carbocycles. The van der Waals surface area contributed by atoms with Gasteiger partial charge >= 0.3 is 0 Å². The Hall–Kier alpha value is -3.04. The van der Waals surface area contributed by atoms with Gasteiger partial charge in [0.2, 0.25) is 5.78 Å². The molecular weight excluding hydrogens is 350 g/mol. The van der Waals surface area contributed by atoms with Gasteiger partial charge in [-0.3, -0.25) is 4.79 Å². The van der Waals surface area contributed by atoms with Crippen LogP contribution in [-0.4, -0.2) is 5.78 Å². The molecule has 0 aliphatic carbocycles. The van der Waals surface area contributed by atoms with Gasteiger partial charge in [-0.2, -0.15) is 0 Å². The maximum absolute atomic E-state index is 13.2. The number of ketones is 1.